The van der Waals surface area contributed by atoms with Crippen LogP contribution in [0, 0.1) is 0 Å². The quantitative estimate of drug-likeness (QED) is 0.599. The molecule has 9 heteroatoms. The van der Waals surface area contributed by atoms with Crippen LogP contribution in [-0.4, -0.2) is 54.6 Å². The van der Waals surface area contributed by atoms with Crippen LogP contribution in [0.25, 0.3) is 11.2 Å². The molecule has 0 aliphatic carbocycles. The Morgan fingerprint density at radius 3 is 2.69 bits per heavy atom. The third-order valence-corrected chi connectivity index (χ3v) is 4.73. The van der Waals surface area contributed by atoms with Crippen molar-refractivity contribution >= 4 is 22.9 Å². The first-order valence-electron chi connectivity index (χ1n) is 8.28. The van der Waals surface area contributed by atoms with E-state index in [1.54, 1.807) is 27.9 Å². The number of anilines is 1. The lowest BCUT2D eigenvalue weighted by Gasteiger charge is -2.17. The monoisotopic (exact) mass is 353 g/mol. The van der Waals surface area contributed by atoms with Gasteiger partial charge in [0.25, 0.3) is 5.91 Å². The molecular formula is C17H19N7O2. The highest BCUT2D eigenvalue weighted by molar-refractivity contribution is 5.94. The molecule has 9 nitrogen and oxygen atoms in total. The molecule has 4 rings (SSSR count). The lowest BCUT2D eigenvalue weighted by Crippen LogP contribution is -2.29. The van der Waals surface area contributed by atoms with Gasteiger partial charge in [-0.25, -0.2) is 15.0 Å². The molecule has 3 heterocycles. The number of fused-ring (bicyclic) bond motifs is 1. The maximum Gasteiger partial charge on any atom is 0.254 e. The molecule has 2 atom stereocenters. The molecule has 2 aromatic heterocycles. The first-order valence-corrected chi connectivity index (χ1v) is 8.28. The van der Waals surface area contributed by atoms with Crippen LogP contribution < -0.4 is 11.5 Å². The largest absolute Gasteiger partial charge is 0.389 e. The summed E-state index contributed by atoms with van der Waals surface area (Å²) in [7, 11) is 0. The predicted molar refractivity (Wildman–Crippen MR) is 95.0 cm³/mol. The summed E-state index contributed by atoms with van der Waals surface area (Å²) < 4.78 is 1.75. The third kappa shape index (κ3) is 2.67. The molecule has 3 aromatic rings. The summed E-state index contributed by atoms with van der Waals surface area (Å²) in [5.74, 6) is 0.155. The number of likely N-dealkylation sites (tertiary alicyclic amines) is 1. The third-order valence-electron chi connectivity index (χ3n) is 4.73. The average Bonchev–Trinajstić information content (AvgIpc) is 3.25. The fourth-order valence-corrected chi connectivity index (χ4v) is 3.29. The Kier molecular flexibility index (Phi) is 4.02. The summed E-state index contributed by atoms with van der Waals surface area (Å²) in [6.07, 6.45) is 2.21. The first-order chi connectivity index (χ1) is 12.6. The van der Waals surface area contributed by atoms with Gasteiger partial charge < -0.3 is 26.0 Å². The Morgan fingerprint density at radius 1 is 1.19 bits per heavy atom. The highest BCUT2D eigenvalue weighted by Gasteiger charge is 2.36. The molecule has 1 amide bonds. The molecule has 1 aromatic carbocycles. The topological polar surface area (TPSA) is 136 Å². The number of nitrogens with two attached hydrogens (primary N) is 2. The summed E-state index contributed by atoms with van der Waals surface area (Å²) in [6.45, 7) is 1.02. The molecule has 0 radical (unpaired) electrons. The minimum absolute atomic E-state index is 0.131. The zero-order valence-electron chi connectivity index (χ0n) is 14.0. The molecule has 0 saturated carbocycles. The minimum Gasteiger partial charge on any atom is -0.389 e. The van der Waals surface area contributed by atoms with Gasteiger partial charge in [0.05, 0.1) is 18.5 Å². The van der Waals surface area contributed by atoms with Crippen LogP contribution in [0.5, 0.6) is 0 Å². The number of hydrogen-bond donors (Lipinski definition) is 3. The van der Waals surface area contributed by atoms with Crippen LogP contribution in [0.2, 0.25) is 0 Å². The fourth-order valence-electron chi connectivity index (χ4n) is 3.29. The van der Waals surface area contributed by atoms with E-state index in [-0.39, 0.29) is 24.3 Å². The van der Waals surface area contributed by atoms with Crippen LogP contribution in [0.1, 0.15) is 22.0 Å². The van der Waals surface area contributed by atoms with E-state index in [9.17, 15) is 9.90 Å². The van der Waals surface area contributed by atoms with Crippen LogP contribution in [0.4, 0.5) is 5.82 Å². The number of β-amino-alcohol motifs (C(OH)–C–C–N with tert-alkyl or cyclic N) is 1. The van der Waals surface area contributed by atoms with Crippen molar-refractivity contribution < 1.29 is 9.90 Å². The fraction of sp³-hybridized carbons (Fsp3) is 0.294. The van der Waals surface area contributed by atoms with Gasteiger partial charge in [-0.2, -0.15) is 0 Å². The number of rotatable bonds is 3. The van der Waals surface area contributed by atoms with Gasteiger partial charge in [0.1, 0.15) is 11.8 Å². The lowest BCUT2D eigenvalue weighted by atomic mass is 10.1. The minimum atomic E-state index is -0.726. The number of imidazole rings is 1. The molecule has 1 aliphatic heterocycles. The van der Waals surface area contributed by atoms with E-state index in [1.165, 1.54) is 6.33 Å². The number of amides is 1. The molecule has 0 spiro atoms. The van der Waals surface area contributed by atoms with Gasteiger partial charge >= 0.3 is 0 Å². The van der Waals surface area contributed by atoms with E-state index in [0.29, 0.717) is 29.8 Å². The Bertz CT molecular complexity index is 953. The zero-order valence-corrected chi connectivity index (χ0v) is 14.0. The van der Waals surface area contributed by atoms with Gasteiger partial charge in [0.2, 0.25) is 0 Å². The number of carbonyl (C=O) groups is 1. The van der Waals surface area contributed by atoms with Crippen molar-refractivity contribution in [2.75, 3.05) is 18.8 Å². The Labute approximate surface area is 149 Å². The highest BCUT2D eigenvalue weighted by atomic mass is 16.3. The number of carbonyl (C=O) groups excluding carboxylic acids is 1. The smallest absolute Gasteiger partial charge is 0.254 e. The van der Waals surface area contributed by atoms with Crippen molar-refractivity contribution in [2.24, 2.45) is 5.73 Å². The summed E-state index contributed by atoms with van der Waals surface area (Å²) >= 11 is 0. The highest BCUT2D eigenvalue weighted by Crippen LogP contribution is 2.27. The number of hydrogen-bond acceptors (Lipinski definition) is 7. The summed E-state index contributed by atoms with van der Waals surface area (Å²) in [5, 5.41) is 10.5. The molecule has 1 aliphatic rings. The maximum absolute atomic E-state index is 12.7. The van der Waals surface area contributed by atoms with E-state index in [4.69, 9.17) is 11.5 Å². The van der Waals surface area contributed by atoms with Crippen molar-refractivity contribution in [1.82, 2.24) is 24.4 Å². The molecular weight excluding hydrogens is 334 g/mol. The predicted octanol–water partition coefficient (Wildman–Crippen LogP) is -0.0748. The van der Waals surface area contributed by atoms with Gasteiger partial charge in [-0.3, -0.25) is 4.79 Å². The molecule has 26 heavy (non-hydrogen) atoms. The zero-order chi connectivity index (χ0) is 18.3. The molecule has 1 fully saturated rings. The summed E-state index contributed by atoms with van der Waals surface area (Å²) in [4.78, 5) is 26.7. The molecule has 0 unspecified atom stereocenters. The molecule has 5 N–H and O–H groups in total. The Hall–Kier alpha value is -3.04. The first kappa shape index (κ1) is 16.4. The number of nitrogens with zero attached hydrogens (tertiary/aromatic N) is 5. The van der Waals surface area contributed by atoms with Crippen molar-refractivity contribution in [3.05, 3.63) is 48.0 Å². The number of benzene rings is 1. The van der Waals surface area contributed by atoms with Crippen LogP contribution >= 0.6 is 0 Å². The average molecular weight is 353 g/mol. The normalized spacial score (nSPS) is 20.0. The lowest BCUT2D eigenvalue weighted by molar-refractivity contribution is 0.0764. The van der Waals surface area contributed by atoms with Gasteiger partial charge in [-0.05, 0) is 17.7 Å². The van der Waals surface area contributed by atoms with Gasteiger partial charge in [0, 0.05) is 25.2 Å². The van der Waals surface area contributed by atoms with Gasteiger partial charge in [-0.15, -0.1) is 0 Å². The van der Waals surface area contributed by atoms with E-state index >= 15 is 0 Å². The number of aliphatic hydroxyl groups excluding tert-OH is 1. The van der Waals surface area contributed by atoms with Crippen molar-refractivity contribution in [2.45, 2.75) is 18.7 Å². The number of aliphatic hydroxyl groups is 1. The second-order valence-corrected chi connectivity index (χ2v) is 6.33. The standard InChI is InChI=1S/C17H19N7O2/c18-5-10-1-3-11(4-2-10)17(26)23-6-12(13(25)7-23)24-9-22-14-15(19)20-8-21-16(14)24/h1-4,8-9,12-13,25H,5-7,18H2,(H2,19,20,21)/t12-,13-/m1/s1. The number of nitrogen functional groups attached to an aromatic ring is 1. The van der Waals surface area contributed by atoms with Gasteiger partial charge in [-0.1, -0.05) is 12.1 Å². The second kappa shape index (κ2) is 6.36. The molecule has 1 saturated heterocycles. The van der Waals surface area contributed by atoms with Crippen LogP contribution in [-0.2, 0) is 6.54 Å². The van der Waals surface area contributed by atoms with Crippen molar-refractivity contribution in [3.8, 4) is 0 Å². The van der Waals surface area contributed by atoms with E-state index in [1.807, 2.05) is 12.1 Å². The van der Waals surface area contributed by atoms with Gasteiger partial charge in [0.15, 0.2) is 11.5 Å². The second-order valence-electron chi connectivity index (χ2n) is 6.33. The van der Waals surface area contributed by atoms with E-state index < -0.39 is 6.10 Å². The maximum atomic E-state index is 12.7. The molecule has 134 valence electrons. The number of aromatic nitrogens is 4. The van der Waals surface area contributed by atoms with Crippen LogP contribution in [0.3, 0.4) is 0 Å². The SMILES string of the molecule is NCc1ccc(C(=O)N2C[C@@H](O)[C@H](n3cnc4c(N)ncnc43)C2)cc1. The molecule has 0 bridgehead atoms. The summed E-state index contributed by atoms with van der Waals surface area (Å²) in [6, 6.07) is 6.83. The summed E-state index contributed by atoms with van der Waals surface area (Å²) in [5.41, 5.74) is 14.0. The van der Waals surface area contributed by atoms with Crippen LogP contribution in [0.15, 0.2) is 36.9 Å². The van der Waals surface area contributed by atoms with Crippen molar-refractivity contribution in [1.29, 1.82) is 0 Å². The Balaban J connectivity index is 1.58. The van der Waals surface area contributed by atoms with E-state index in [2.05, 4.69) is 15.0 Å². The Morgan fingerprint density at radius 2 is 1.96 bits per heavy atom. The van der Waals surface area contributed by atoms with E-state index in [0.717, 1.165) is 5.56 Å². The van der Waals surface area contributed by atoms with Crippen molar-refractivity contribution in [3.63, 3.8) is 0 Å².